The number of nitrogens with zero attached hydrogens (tertiary/aromatic N) is 4. The lowest BCUT2D eigenvalue weighted by atomic mass is 10.1. The molecule has 0 radical (unpaired) electrons. The third-order valence-electron chi connectivity index (χ3n) is 6.09. The minimum absolute atomic E-state index is 0.182. The van der Waals surface area contributed by atoms with E-state index < -0.39 is 120 Å². The van der Waals surface area contributed by atoms with Crippen molar-refractivity contribution in [2.45, 2.75) is 24.5 Å². The molecular formula is C22H17N5O17S5. The van der Waals surface area contributed by atoms with Crippen LogP contribution in [0, 0.1) is 0 Å². The normalized spacial score (nSPS) is 13.5. The van der Waals surface area contributed by atoms with E-state index in [1.807, 2.05) is 0 Å². The maximum atomic E-state index is 12.2. The SMILES string of the molecule is Nc1ccc(/N=N/c2c(S(=O)(=O)O)cc3cc(S(=O)(=O)O)c(/N=N/c4ccc(S(=O)(=O)O)cc4S(=O)(=O)O)c(O)c3c2O)c(S(=O)(=O)O)c1. The molecule has 0 aromatic heterocycles. The lowest BCUT2D eigenvalue weighted by Crippen LogP contribution is -2.03. The summed E-state index contributed by atoms with van der Waals surface area (Å²) in [5.41, 5.74) is 1.19. The van der Waals surface area contributed by atoms with Gasteiger partial charge in [-0.15, -0.1) is 20.5 Å². The van der Waals surface area contributed by atoms with Gasteiger partial charge in [0.15, 0.2) is 11.5 Å². The lowest BCUT2D eigenvalue weighted by molar-refractivity contribution is 0.458. The largest absolute Gasteiger partial charge is 0.505 e. The number of rotatable bonds is 9. The highest BCUT2D eigenvalue weighted by Gasteiger charge is 2.29. The fourth-order valence-corrected chi connectivity index (χ4v) is 7.22. The van der Waals surface area contributed by atoms with Crippen LogP contribution >= 0.6 is 0 Å². The summed E-state index contributed by atoms with van der Waals surface area (Å²) in [6.07, 6.45) is 0. The van der Waals surface area contributed by atoms with Gasteiger partial charge in [-0.3, -0.25) is 22.8 Å². The van der Waals surface area contributed by atoms with E-state index in [2.05, 4.69) is 20.5 Å². The predicted molar refractivity (Wildman–Crippen MR) is 162 cm³/mol. The molecule has 4 aromatic carbocycles. The third-order valence-corrected chi connectivity index (χ3v) is 10.4. The molecule has 0 atom stereocenters. The molecule has 0 heterocycles. The van der Waals surface area contributed by atoms with E-state index in [0.29, 0.717) is 24.3 Å². The van der Waals surface area contributed by atoms with Crippen LogP contribution in [0.3, 0.4) is 0 Å². The Morgan fingerprint density at radius 2 is 0.857 bits per heavy atom. The fourth-order valence-electron chi connectivity index (χ4n) is 4.02. The molecule has 0 spiro atoms. The number of fused-ring (bicyclic) bond motifs is 1. The van der Waals surface area contributed by atoms with E-state index in [4.69, 9.17) is 5.73 Å². The number of phenolic OH excluding ortho intramolecular Hbond substituents is 2. The minimum atomic E-state index is -5.48. The van der Waals surface area contributed by atoms with Crippen molar-refractivity contribution in [1.82, 2.24) is 0 Å². The Hall–Kier alpha value is -4.71. The van der Waals surface area contributed by atoms with Gasteiger partial charge in [0, 0.05) is 5.69 Å². The van der Waals surface area contributed by atoms with Crippen molar-refractivity contribution in [2.24, 2.45) is 20.5 Å². The van der Waals surface area contributed by atoms with Crippen molar-refractivity contribution in [3.63, 3.8) is 0 Å². The molecular weight excluding hydrogens is 767 g/mol. The summed E-state index contributed by atoms with van der Waals surface area (Å²) >= 11 is 0. The lowest BCUT2D eigenvalue weighted by Gasteiger charge is -2.13. The highest BCUT2D eigenvalue weighted by atomic mass is 32.2. The number of azo groups is 2. The van der Waals surface area contributed by atoms with Gasteiger partial charge in [-0.2, -0.15) is 42.1 Å². The molecule has 0 fully saturated rings. The number of benzene rings is 4. The van der Waals surface area contributed by atoms with Crippen LogP contribution in [0.4, 0.5) is 28.4 Å². The minimum Gasteiger partial charge on any atom is -0.505 e. The Morgan fingerprint density at radius 3 is 1.24 bits per heavy atom. The van der Waals surface area contributed by atoms with Crippen molar-refractivity contribution < 1.29 is 75.1 Å². The second-order valence-corrected chi connectivity index (χ2v) is 16.4. The average Bonchev–Trinajstić information content (AvgIpc) is 2.93. The fraction of sp³-hybridized carbons (Fsp3) is 0. The molecule has 9 N–H and O–H groups in total. The predicted octanol–water partition coefficient (Wildman–Crippen LogP) is 2.90. The Kier molecular flexibility index (Phi) is 9.33. The Morgan fingerprint density at radius 1 is 0.469 bits per heavy atom. The number of aromatic hydroxyl groups is 2. The highest BCUT2D eigenvalue weighted by molar-refractivity contribution is 7.87. The van der Waals surface area contributed by atoms with Gasteiger partial charge in [0.05, 0.1) is 10.3 Å². The van der Waals surface area contributed by atoms with Gasteiger partial charge in [0.25, 0.3) is 50.6 Å². The molecule has 0 unspecified atom stereocenters. The number of hydrogen-bond donors (Lipinski definition) is 8. The quantitative estimate of drug-likeness (QED) is 0.0687. The van der Waals surface area contributed by atoms with Gasteiger partial charge in [0.1, 0.15) is 42.3 Å². The molecule has 22 nitrogen and oxygen atoms in total. The standard InChI is InChI=1S/C22H17N5O17S5/c23-10-1-3-12(14(7-10)46(33,34)35)24-26-19-16(48(39,40)41)5-9-6-17(49(42,43)44)20(22(29)18(9)21(19)28)27-25-13-4-2-11(45(30,31)32)8-15(13)47(36,37)38/h1-8,28-29H,23H2,(H,30,31,32)(H,33,34,35)(H,36,37,38)(H,39,40,41)(H,42,43,44)/b26-24+,27-25+. The molecule has 4 rings (SSSR count). The van der Waals surface area contributed by atoms with E-state index in [-0.39, 0.29) is 11.8 Å². The van der Waals surface area contributed by atoms with Gasteiger partial charge in [-0.1, -0.05) is 0 Å². The first-order valence-electron chi connectivity index (χ1n) is 12.0. The summed E-state index contributed by atoms with van der Waals surface area (Å²) in [7, 11) is -26.3. The number of hydrogen-bond acceptors (Lipinski definition) is 17. The van der Waals surface area contributed by atoms with E-state index >= 15 is 0 Å². The Bertz CT molecular complexity index is 2710. The van der Waals surface area contributed by atoms with Gasteiger partial charge < -0.3 is 15.9 Å². The first-order chi connectivity index (χ1) is 22.2. The third kappa shape index (κ3) is 7.80. The smallest absolute Gasteiger partial charge is 0.296 e. The second-order valence-electron chi connectivity index (χ2n) is 9.37. The van der Waals surface area contributed by atoms with Gasteiger partial charge in [0.2, 0.25) is 0 Å². The van der Waals surface area contributed by atoms with Crippen molar-refractivity contribution >= 4 is 89.8 Å². The Balaban J connectivity index is 2.07. The molecule has 0 saturated heterocycles. The van der Waals surface area contributed by atoms with E-state index in [1.165, 1.54) is 0 Å². The zero-order valence-corrected chi connectivity index (χ0v) is 27.3. The molecule has 4 aromatic rings. The van der Waals surface area contributed by atoms with Crippen molar-refractivity contribution in [3.05, 3.63) is 48.5 Å². The summed E-state index contributed by atoms with van der Waals surface area (Å²) in [4.78, 5) is -6.00. The van der Waals surface area contributed by atoms with Gasteiger partial charge in [-0.25, -0.2) is 0 Å². The Labute approximate surface area is 274 Å². The first kappa shape index (κ1) is 37.1. The maximum Gasteiger partial charge on any atom is 0.296 e. The molecule has 0 saturated carbocycles. The average molecular weight is 784 g/mol. The van der Waals surface area contributed by atoms with Crippen LogP contribution in [0.25, 0.3) is 10.8 Å². The van der Waals surface area contributed by atoms with Crippen LogP contribution in [0.1, 0.15) is 0 Å². The second kappa shape index (κ2) is 12.3. The van der Waals surface area contributed by atoms with Crippen LogP contribution in [0.5, 0.6) is 11.5 Å². The summed E-state index contributed by atoms with van der Waals surface area (Å²) in [5.74, 6) is -2.86. The molecule has 0 aliphatic heterocycles. The number of anilines is 1. The van der Waals surface area contributed by atoms with Gasteiger partial charge in [-0.05, 0) is 53.9 Å². The summed E-state index contributed by atoms with van der Waals surface area (Å²) < 4.78 is 167. The van der Waals surface area contributed by atoms with Crippen molar-refractivity contribution in [2.75, 3.05) is 5.73 Å². The van der Waals surface area contributed by atoms with E-state index in [0.717, 1.165) is 18.2 Å². The first-order valence-corrected chi connectivity index (χ1v) is 19.2. The van der Waals surface area contributed by atoms with E-state index in [1.54, 1.807) is 0 Å². The van der Waals surface area contributed by atoms with E-state index in [9.17, 15) is 75.1 Å². The topological polar surface area (TPSA) is 388 Å². The van der Waals surface area contributed by atoms with Crippen molar-refractivity contribution in [3.8, 4) is 11.5 Å². The van der Waals surface area contributed by atoms with Crippen LogP contribution in [0.15, 0.2) is 93.5 Å². The summed E-state index contributed by atoms with van der Waals surface area (Å²) in [6, 6.07) is 4.90. The molecule has 27 heteroatoms. The zero-order chi connectivity index (χ0) is 37.1. The summed E-state index contributed by atoms with van der Waals surface area (Å²) in [5, 5.41) is 34.0. The number of phenols is 2. The van der Waals surface area contributed by atoms with Crippen LogP contribution in [-0.4, -0.2) is 75.1 Å². The molecule has 0 aliphatic rings. The van der Waals surface area contributed by atoms with Crippen molar-refractivity contribution in [1.29, 1.82) is 0 Å². The maximum absolute atomic E-state index is 12.2. The number of nitrogen functional groups attached to an aromatic ring is 1. The zero-order valence-electron chi connectivity index (χ0n) is 23.2. The highest BCUT2D eigenvalue weighted by Crippen LogP contribution is 2.50. The molecule has 0 bridgehead atoms. The number of nitrogens with two attached hydrogens (primary N) is 1. The molecule has 49 heavy (non-hydrogen) atoms. The molecule has 0 amide bonds. The van der Waals surface area contributed by atoms with Crippen LogP contribution in [0.2, 0.25) is 0 Å². The monoisotopic (exact) mass is 783 g/mol. The summed E-state index contributed by atoms with van der Waals surface area (Å²) in [6.45, 7) is 0. The molecule has 262 valence electrons. The van der Waals surface area contributed by atoms with Crippen LogP contribution < -0.4 is 5.73 Å². The van der Waals surface area contributed by atoms with Crippen LogP contribution in [-0.2, 0) is 50.6 Å². The molecule has 0 aliphatic carbocycles. The van der Waals surface area contributed by atoms with Gasteiger partial charge >= 0.3 is 0 Å².